The van der Waals surface area contributed by atoms with Gasteiger partial charge in [-0.15, -0.1) is 0 Å². The average molecular weight is 446 g/mol. The van der Waals surface area contributed by atoms with Gasteiger partial charge in [-0.05, 0) is 42.5 Å². The summed E-state index contributed by atoms with van der Waals surface area (Å²) in [6.07, 6.45) is 1.76. The van der Waals surface area contributed by atoms with Crippen LogP contribution in [0.3, 0.4) is 0 Å². The Balaban J connectivity index is 1.60. The minimum atomic E-state index is -4.55. The highest BCUT2D eigenvalue weighted by Gasteiger charge is 2.27. The number of hydrogen-bond donors (Lipinski definition) is 0. The van der Waals surface area contributed by atoms with Crippen molar-refractivity contribution >= 4 is 31.5 Å². The predicted molar refractivity (Wildman–Crippen MR) is 99.6 cm³/mol. The molecule has 4 nitrogen and oxygen atoms in total. The molecule has 26 heavy (non-hydrogen) atoms. The first-order valence-corrected chi connectivity index (χ1v) is 10.5. The molecule has 0 radical (unpaired) electrons. The molecule has 140 valence electrons. The van der Waals surface area contributed by atoms with Gasteiger partial charge in [-0.25, -0.2) is 8.42 Å². The zero-order valence-corrected chi connectivity index (χ0v) is 16.2. The summed E-state index contributed by atoms with van der Waals surface area (Å²) >= 11 is 3.42. The molecule has 2 aromatic carbocycles. The molecular weight excluding hydrogens is 428 g/mol. The van der Waals surface area contributed by atoms with Gasteiger partial charge in [0.15, 0.2) is 0 Å². The van der Waals surface area contributed by atoms with Crippen LogP contribution in [0.15, 0.2) is 57.9 Å². The molecule has 0 bridgehead atoms. The van der Waals surface area contributed by atoms with E-state index in [9.17, 15) is 17.2 Å². The number of halogens is 3. The fourth-order valence-electron chi connectivity index (χ4n) is 2.91. The summed E-state index contributed by atoms with van der Waals surface area (Å²) in [5.41, 5.74) is 0.819. The van der Waals surface area contributed by atoms with Gasteiger partial charge in [0, 0.05) is 36.1 Å². The summed E-state index contributed by atoms with van der Waals surface area (Å²) in [4.78, 5) is 1.74. The van der Waals surface area contributed by atoms with Crippen molar-refractivity contribution in [3.05, 3.63) is 53.0 Å². The number of rotatable bonds is 5. The molecule has 0 aromatic heterocycles. The molecule has 0 atom stereocenters. The second-order valence-corrected chi connectivity index (χ2v) is 8.89. The van der Waals surface area contributed by atoms with Crippen molar-refractivity contribution in [2.75, 3.05) is 18.0 Å². The quantitative estimate of drug-likeness (QED) is 0.679. The fourth-order valence-corrected chi connectivity index (χ4v) is 4.01. The van der Waals surface area contributed by atoms with Crippen molar-refractivity contribution in [1.82, 2.24) is 0 Å². The van der Waals surface area contributed by atoms with Crippen molar-refractivity contribution in [3.63, 3.8) is 0 Å². The number of benzene rings is 2. The molecule has 1 fully saturated rings. The summed E-state index contributed by atoms with van der Waals surface area (Å²) in [5.74, 6) is -2.58. The lowest BCUT2D eigenvalue weighted by Gasteiger charge is -2.33. The number of anilines is 1. The fraction of sp³-hybridized carbons (Fsp3) is 0.333. The maximum Gasteiger partial charge on any atom is 0.341 e. The number of sulfone groups is 1. The molecule has 0 amide bonds. The molecule has 0 spiro atoms. The Bertz CT molecular complexity index is 851. The molecule has 1 aliphatic rings. The summed E-state index contributed by atoms with van der Waals surface area (Å²) in [6, 6.07) is 13.3. The highest BCUT2D eigenvalue weighted by molar-refractivity contribution is 9.10. The van der Waals surface area contributed by atoms with Gasteiger partial charge in [0.1, 0.15) is 11.9 Å². The van der Waals surface area contributed by atoms with E-state index in [1.54, 1.807) is 12.1 Å². The molecule has 1 heterocycles. The first-order chi connectivity index (χ1) is 12.4. The van der Waals surface area contributed by atoms with Crippen molar-refractivity contribution in [2.24, 2.45) is 0 Å². The molecule has 0 unspecified atom stereocenters. The van der Waals surface area contributed by atoms with Gasteiger partial charge in [0.2, 0.25) is 9.84 Å². The summed E-state index contributed by atoms with van der Waals surface area (Å²) in [6.45, 7) is 1.50. The Morgan fingerprint density at radius 2 is 1.73 bits per heavy atom. The molecule has 1 saturated heterocycles. The minimum absolute atomic E-state index is 0.110. The van der Waals surface area contributed by atoms with Gasteiger partial charge >= 0.3 is 5.76 Å². The molecule has 0 N–H and O–H groups in total. The number of alkyl halides is 2. The zero-order valence-electron chi connectivity index (χ0n) is 13.8. The molecule has 3 rings (SSSR count). The summed E-state index contributed by atoms with van der Waals surface area (Å²) in [5, 5.41) is 0. The van der Waals surface area contributed by atoms with Crippen LogP contribution in [0.5, 0.6) is 5.75 Å². The van der Waals surface area contributed by atoms with Crippen LogP contribution < -0.4 is 9.64 Å². The molecule has 8 heteroatoms. The number of hydrogen-bond acceptors (Lipinski definition) is 4. The van der Waals surface area contributed by atoms with E-state index in [4.69, 9.17) is 4.74 Å². The third-order valence-electron chi connectivity index (χ3n) is 4.31. The molecule has 0 saturated carbocycles. The van der Waals surface area contributed by atoms with Gasteiger partial charge in [0.05, 0.1) is 4.90 Å². The van der Waals surface area contributed by atoms with E-state index >= 15 is 0 Å². The van der Waals surface area contributed by atoms with E-state index in [0.29, 0.717) is 0 Å². The topological polar surface area (TPSA) is 46.6 Å². The van der Waals surface area contributed by atoms with Crippen molar-refractivity contribution in [3.8, 4) is 5.75 Å². The maximum absolute atomic E-state index is 12.6. The van der Waals surface area contributed by atoms with Crippen LogP contribution in [0, 0.1) is 0 Å². The van der Waals surface area contributed by atoms with Crippen LogP contribution in [-0.4, -0.2) is 33.4 Å². The van der Waals surface area contributed by atoms with E-state index in [0.717, 1.165) is 41.8 Å². The highest BCUT2D eigenvalue weighted by Crippen LogP contribution is 2.26. The lowest BCUT2D eigenvalue weighted by atomic mass is 10.1. The third-order valence-corrected chi connectivity index (χ3v) is 6.20. The van der Waals surface area contributed by atoms with Crippen molar-refractivity contribution < 1.29 is 21.9 Å². The predicted octanol–water partition coefficient (Wildman–Crippen LogP) is 4.49. The van der Waals surface area contributed by atoms with E-state index in [-0.39, 0.29) is 11.0 Å². The van der Waals surface area contributed by atoms with Crippen LogP contribution in [0.1, 0.15) is 12.8 Å². The Labute approximate surface area is 159 Å². The van der Waals surface area contributed by atoms with Crippen molar-refractivity contribution in [1.29, 1.82) is 0 Å². The van der Waals surface area contributed by atoms with E-state index < -0.39 is 15.6 Å². The second kappa shape index (κ2) is 7.92. The summed E-state index contributed by atoms with van der Waals surface area (Å²) in [7, 11) is -4.55. The first-order valence-electron chi connectivity index (χ1n) is 8.15. The Kier molecular flexibility index (Phi) is 5.82. The number of nitrogens with zero attached hydrogens (tertiary/aromatic N) is 1. The standard InChI is InChI=1S/C18H18BrF2NO3S/c19-13-2-1-3-16(12-13)25-15-8-10-22(11-9-15)14-4-6-17(7-5-14)26(23,24)18(20)21/h1-7,12,15,18H,8-11H2. The van der Waals surface area contributed by atoms with Gasteiger partial charge in [-0.1, -0.05) is 22.0 Å². The van der Waals surface area contributed by atoms with Crippen LogP contribution in [0.25, 0.3) is 0 Å². The zero-order chi connectivity index (χ0) is 18.7. The normalized spacial score (nSPS) is 16.1. The summed E-state index contributed by atoms with van der Waals surface area (Å²) < 4.78 is 55.1. The van der Waals surface area contributed by atoms with Gasteiger partial charge in [-0.2, -0.15) is 8.78 Å². The van der Waals surface area contributed by atoms with Gasteiger partial charge < -0.3 is 9.64 Å². The highest BCUT2D eigenvalue weighted by atomic mass is 79.9. The average Bonchev–Trinajstić information content (AvgIpc) is 2.62. The van der Waals surface area contributed by atoms with Crippen molar-refractivity contribution in [2.45, 2.75) is 29.6 Å². The first kappa shape index (κ1) is 19.1. The van der Waals surface area contributed by atoms with Gasteiger partial charge in [0.25, 0.3) is 0 Å². The van der Waals surface area contributed by atoms with Crippen LogP contribution >= 0.6 is 15.9 Å². The van der Waals surface area contributed by atoms with Crippen LogP contribution in [0.4, 0.5) is 14.5 Å². The minimum Gasteiger partial charge on any atom is -0.490 e. The van der Waals surface area contributed by atoms with Gasteiger partial charge in [-0.3, -0.25) is 0 Å². The van der Waals surface area contributed by atoms with E-state index in [1.165, 1.54) is 12.1 Å². The molecule has 1 aliphatic heterocycles. The Morgan fingerprint density at radius 3 is 2.31 bits per heavy atom. The molecule has 0 aliphatic carbocycles. The smallest absolute Gasteiger partial charge is 0.341 e. The monoisotopic (exact) mass is 445 g/mol. The Morgan fingerprint density at radius 1 is 1.08 bits per heavy atom. The molecular formula is C18H18BrF2NO3S. The third kappa shape index (κ3) is 4.35. The largest absolute Gasteiger partial charge is 0.490 e. The van der Waals surface area contributed by atoms with E-state index in [2.05, 4.69) is 20.8 Å². The number of ether oxygens (including phenoxy) is 1. The lowest BCUT2D eigenvalue weighted by molar-refractivity contribution is 0.171. The maximum atomic E-state index is 12.6. The Hall–Kier alpha value is -1.67. The second-order valence-electron chi connectivity index (χ2n) is 6.06. The van der Waals surface area contributed by atoms with Crippen LogP contribution in [0.2, 0.25) is 0 Å². The SMILES string of the molecule is O=S(=O)(c1ccc(N2CCC(Oc3cccc(Br)c3)CC2)cc1)C(F)F. The van der Waals surface area contributed by atoms with E-state index in [1.807, 2.05) is 24.3 Å². The number of piperidine rings is 1. The lowest BCUT2D eigenvalue weighted by Crippen LogP contribution is -2.38. The molecule has 2 aromatic rings. The van der Waals surface area contributed by atoms with Crippen LogP contribution in [-0.2, 0) is 9.84 Å².